The van der Waals surface area contributed by atoms with Gasteiger partial charge in [-0.3, -0.25) is 9.59 Å². The Balaban J connectivity index is 1.23. The van der Waals surface area contributed by atoms with Crippen LogP contribution in [-0.4, -0.2) is 71.3 Å². The Bertz CT molecular complexity index is 1660. The highest BCUT2D eigenvalue weighted by Gasteiger charge is 2.29. The van der Waals surface area contributed by atoms with Crippen molar-refractivity contribution < 1.29 is 14.3 Å². The molecule has 1 fully saturated rings. The van der Waals surface area contributed by atoms with Gasteiger partial charge in [-0.1, -0.05) is 89.8 Å². The van der Waals surface area contributed by atoms with Gasteiger partial charge in [-0.25, -0.2) is 9.97 Å². The van der Waals surface area contributed by atoms with E-state index >= 15 is 0 Å². The van der Waals surface area contributed by atoms with Gasteiger partial charge in [0.15, 0.2) is 11.6 Å². The van der Waals surface area contributed by atoms with E-state index in [2.05, 4.69) is 55.7 Å². The second kappa shape index (κ2) is 17.9. The van der Waals surface area contributed by atoms with Crippen molar-refractivity contribution >= 4 is 23.0 Å². The summed E-state index contributed by atoms with van der Waals surface area (Å²) in [5.41, 5.74) is 3.90. The second-order valence-corrected chi connectivity index (χ2v) is 15.8. The molecular weight excluding hydrogens is 641 g/mol. The lowest BCUT2D eigenvalue weighted by Crippen LogP contribution is -2.40. The van der Waals surface area contributed by atoms with E-state index in [0.29, 0.717) is 18.8 Å². The summed E-state index contributed by atoms with van der Waals surface area (Å²) in [6.07, 6.45) is 11.5. The highest BCUT2D eigenvalue weighted by Crippen LogP contribution is 2.31. The molecule has 1 amide bonds. The summed E-state index contributed by atoms with van der Waals surface area (Å²) in [6, 6.07) is 20.2. The van der Waals surface area contributed by atoms with Crippen LogP contribution in [-0.2, 0) is 16.6 Å². The minimum absolute atomic E-state index is 0.0179. The van der Waals surface area contributed by atoms with Gasteiger partial charge >= 0.3 is 0 Å². The Morgan fingerprint density at radius 2 is 1.52 bits per heavy atom. The Morgan fingerprint density at radius 3 is 2.20 bits per heavy atom. The Labute approximate surface area is 303 Å². The summed E-state index contributed by atoms with van der Waals surface area (Å²) >= 11 is 1.55. The van der Waals surface area contributed by atoms with Gasteiger partial charge in [0.25, 0.3) is 0 Å². The quantitative estimate of drug-likeness (QED) is 0.0913. The standard InChI is InChI=1S/C42H54N4O3S/c1-6-7-8-9-10-26-49-36-18-16-32(17-19-36)35-29-43-40(44-30-35)33-14-12-31(13-15-33)27-34(41(48)46-23-11-22-45(5)24-25-46)28-37(47)38-20-21-39(50-38)42(2,3)4/h12-21,29-30,34H,6-11,22-28H2,1-5H3/t34-/m1/s1. The molecule has 0 bridgehead atoms. The van der Waals surface area contributed by atoms with Gasteiger partial charge in [-0.15, -0.1) is 11.3 Å². The lowest BCUT2D eigenvalue weighted by atomic mass is 9.91. The number of likely N-dealkylation sites (N-methyl/N-ethyl adjacent to an activating group) is 1. The Hall–Kier alpha value is -3.88. The van der Waals surface area contributed by atoms with Crippen LogP contribution >= 0.6 is 11.3 Å². The zero-order valence-corrected chi connectivity index (χ0v) is 31.4. The molecule has 4 aromatic rings. The largest absolute Gasteiger partial charge is 0.494 e. The molecule has 50 heavy (non-hydrogen) atoms. The molecule has 0 spiro atoms. The molecule has 0 radical (unpaired) electrons. The van der Waals surface area contributed by atoms with Crippen molar-refractivity contribution in [3.05, 3.63) is 88.4 Å². The first-order valence-corrected chi connectivity index (χ1v) is 19.2. The zero-order chi connectivity index (χ0) is 35.5. The van der Waals surface area contributed by atoms with Crippen LogP contribution in [0.15, 0.2) is 73.1 Å². The molecule has 1 aliphatic heterocycles. The summed E-state index contributed by atoms with van der Waals surface area (Å²) in [6.45, 7) is 12.7. The van der Waals surface area contributed by atoms with Crippen molar-refractivity contribution in [2.45, 2.75) is 84.5 Å². The number of hydrogen-bond acceptors (Lipinski definition) is 7. The third-order valence-corrected chi connectivity index (χ3v) is 11.0. The van der Waals surface area contributed by atoms with E-state index in [0.717, 1.165) is 72.0 Å². The molecule has 266 valence electrons. The molecular formula is C42H54N4O3S. The molecule has 0 saturated carbocycles. The third kappa shape index (κ3) is 10.6. The Morgan fingerprint density at radius 1 is 0.820 bits per heavy atom. The maximum Gasteiger partial charge on any atom is 0.226 e. The number of carbonyl (C=O) groups is 2. The maximum atomic E-state index is 14.0. The molecule has 7 nitrogen and oxygen atoms in total. The summed E-state index contributed by atoms with van der Waals surface area (Å²) in [4.78, 5) is 43.0. The van der Waals surface area contributed by atoms with Gasteiger partial charge in [0.2, 0.25) is 5.91 Å². The maximum absolute atomic E-state index is 14.0. The number of ether oxygens (including phenoxy) is 1. The fraction of sp³-hybridized carbons (Fsp3) is 0.476. The fourth-order valence-corrected chi connectivity index (χ4v) is 7.34. The molecule has 1 saturated heterocycles. The number of amides is 1. The van der Waals surface area contributed by atoms with E-state index in [1.807, 2.05) is 71.9 Å². The smallest absolute Gasteiger partial charge is 0.226 e. The first-order valence-electron chi connectivity index (χ1n) is 18.4. The number of Topliss-reactive ketones (excluding diaryl/α,β-unsaturated/α-hetero) is 1. The first-order chi connectivity index (χ1) is 24.1. The van der Waals surface area contributed by atoms with Crippen LogP contribution in [0.2, 0.25) is 0 Å². The molecule has 0 aliphatic carbocycles. The normalized spacial score (nSPS) is 14.7. The van der Waals surface area contributed by atoms with Crippen LogP contribution in [0.25, 0.3) is 22.5 Å². The number of ketones is 1. The number of unbranched alkanes of at least 4 members (excludes halogenated alkanes) is 4. The summed E-state index contributed by atoms with van der Waals surface area (Å²) < 4.78 is 5.92. The minimum Gasteiger partial charge on any atom is -0.494 e. The predicted octanol–water partition coefficient (Wildman–Crippen LogP) is 9.11. The molecule has 0 unspecified atom stereocenters. The fourth-order valence-electron chi connectivity index (χ4n) is 6.33. The summed E-state index contributed by atoms with van der Waals surface area (Å²) in [5.74, 6) is 1.23. The summed E-state index contributed by atoms with van der Waals surface area (Å²) in [5, 5.41) is 0. The third-order valence-electron chi connectivity index (χ3n) is 9.48. The number of hydrogen-bond donors (Lipinski definition) is 0. The van der Waals surface area contributed by atoms with Crippen LogP contribution in [0.5, 0.6) is 5.75 Å². The molecule has 2 aromatic carbocycles. The van der Waals surface area contributed by atoms with Crippen molar-refractivity contribution in [1.82, 2.24) is 19.8 Å². The van der Waals surface area contributed by atoms with Crippen LogP contribution in [0, 0.1) is 5.92 Å². The van der Waals surface area contributed by atoms with Crippen molar-refractivity contribution in [2.75, 3.05) is 39.8 Å². The van der Waals surface area contributed by atoms with Gasteiger partial charge < -0.3 is 14.5 Å². The molecule has 3 heterocycles. The van der Waals surface area contributed by atoms with E-state index in [1.165, 1.54) is 30.6 Å². The average Bonchev–Trinajstić information content (AvgIpc) is 3.54. The molecule has 5 rings (SSSR count). The second-order valence-electron chi connectivity index (χ2n) is 14.7. The van der Waals surface area contributed by atoms with Gasteiger partial charge in [0, 0.05) is 60.4 Å². The van der Waals surface area contributed by atoms with Crippen molar-refractivity contribution in [3.63, 3.8) is 0 Å². The molecule has 1 atom stereocenters. The number of rotatable bonds is 15. The van der Waals surface area contributed by atoms with Gasteiger partial charge in [-0.05, 0) is 73.7 Å². The topological polar surface area (TPSA) is 75.6 Å². The van der Waals surface area contributed by atoms with Gasteiger partial charge in [-0.2, -0.15) is 0 Å². The van der Waals surface area contributed by atoms with E-state index in [9.17, 15) is 9.59 Å². The van der Waals surface area contributed by atoms with Gasteiger partial charge in [0.05, 0.1) is 11.5 Å². The average molecular weight is 695 g/mol. The van der Waals surface area contributed by atoms with E-state index in [-0.39, 0.29) is 23.5 Å². The lowest BCUT2D eigenvalue weighted by molar-refractivity contribution is -0.135. The lowest BCUT2D eigenvalue weighted by Gasteiger charge is -2.26. The van der Waals surface area contributed by atoms with Crippen molar-refractivity contribution in [1.29, 1.82) is 0 Å². The Kier molecular flexibility index (Phi) is 13.4. The van der Waals surface area contributed by atoms with E-state index in [1.54, 1.807) is 11.3 Å². The number of benzene rings is 2. The van der Waals surface area contributed by atoms with Crippen molar-refractivity contribution in [2.24, 2.45) is 5.92 Å². The zero-order valence-electron chi connectivity index (χ0n) is 30.6. The molecule has 1 aliphatic rings. The van der Waals surface area contributed by atoms with Crippen LogP contribution < -0.4 is 4.74 Å². The number of nitrogens with zero attached hydrogens (tertiary/aromatic N) is 4. The van der Waals surface area contributed by atoms with Gasteiger partial charge in [0.1, 0.15) is 5.75 Å². The highest BCUT2D eigenvalue weighted by atomic mass is 32.1. The molecule has 0 N–H and O–H groups in total. The van der Waals surface area contributed by atoms with Crippen molar-refractivity contribution in [3.8, 4) is 28.3 Å². The SMILES string of the molecule is CCCCCCCOc1ccc(-c2cnc(-c3ccc(C[C@H](CC(=O)c4ccc(C(C)(C)C)s4)C(=O)N4CCCN(C)CC4)cc3)nc2)cc1. The van der Waals surface area contributed by atoms with Crippen LogP contribution in [0.4, 0.5) is 0 Å². The van der Waals surface area contributed by atoms with Crippen LogP contribution in [0.3, 0.4) is 0 Å². The molecule has 8 heteroatoms. The monoisotopic (exact) mass is 694 g/mol. The van der Waals surface area contributed by atoms with E-state index < -0.39 is 5.92 Å². The highest BCUT2D eigenvalue weighted by molar-refractivity contribution is 7.14. The van der Waals surface area contributed by atoms with E-state index in [4.69, 9.17) is 4.74 Å². The minimum atomic E-state index is -0.421. The van der Waals surface area contributed by atoms with Crippen LogP contribution in [0.1, 0.15) is 92.8 Å². The number of thiophene rings is 1. The predicted molar refractivity (Wildman–Crippen MR) is 205 cm³/mol. The summed E-state index contributed by atoms with van der Waals surface area (Å²) in [7, 11) is 2.10. The molecule has 2 aromatic heterocycles. The number of aromatic nitrogens is 2. The number of carbonyl (C=O) groups excluding carboxylic acids is 2. The first kappa shape index (κ1) is 37.4.